The molecule has 9 N–H and O–H groups in total. The molecule has 0 fully saturated rings. The van der Waals surface area contributed by atoms with Gasteiger partial charge >= 0.3 is 0 Å². The fourth-order valence-electron chi connectivity index (χ4n) is 4.35. The molecule has 3 aromatic rings. The zero-order chi connectivity index (χ0) is 34.9. The van der Waals surface area contributed by atoms with Gasteiger partial charge in [-0.2, -0.15) is 0 Å². The Morgan fingerprint density at radius 1 is 0.347 bits per heavy atom. The summed E-state index contributed by atoms with van der Waals surface area (Å²) in [6.07, 6.45) is 0. The van der Waals surface area contributed by atoms with E-state index in [9.17, 15) is 15.3 Å². The number of phenols is 3. The van der Waals surface area contributed by atoms with Crippen LogP contribution in [0.1, 0.15) is 50.1 Å². The summed E-state index contributed by atoms with van der Waals surface area (Å²) in [4.78, 5) is 2.35. The molecule has 10 nitrogen and oxygen atoms in total. The number of aryl methyl sites for hydroxylation is 6. The van der Waals surface area contributed by atoms with Crippen molar-refractivity contribution in [2.75, 3.05) is 42.7 Å². The van der Waals surface area contributed by atoms with Crippen LogP contribution in [0.25, 0.3) is 0 Å². The molecule has 0 saturated carbocycles. The Morgan fingerprint density at radius 3 is 0.592 bits per heavy atom. The Labute approximate surface area is 343 Å². The van der Waals surface area contributed by atoms with Crippen molar-refractivity contribution >= 4 is 0 Å². The number of aliphatic hydroxyl groups excluding tert-OH is 6. The van der Waals surface area contributed by atoms with Crippen LogP contribution < -0.4 is 0 Å². The van der Waals surface area contributed by atoms with Gasteiger partial charge in [-0.1, -0.05) is 36.4 Å². The molecule has 0 heterocycles. The van der Waals surface area contributed by atoms with Crippen molar-refractivity contribution in [1.29, 1.82) is 0 Å². The molecule has 0 radical (unpaired) electrons. The predicted molar refractivity (Wildman–Crippen MR) is 194 cm³/mol. The van der Waals surface area contributed by atoms with Gasteiger partial charge in [0.2, 0.25) is 0 Å². The Hall–Kier alpha value is -1.08. The monoisotopic (exact) mass is 800 g/mol. The van der Waals surface area contributed by atoms with Gasteiger partial charge in [0.25, 0.3) is 0 Å². The topological polar surface area (TPSA) is 185 Å². The van der Waals surface area contributed by atoms with Gasteiger partial charge in [0.1, 0.15) is 17.2 Å². The standard InChI is InChI=1S/C27H33NO3.6CH4O.3CH3.3Ti/c1-16-7-22(8-17(2)25(16)29)13-28(14-23-9-18(3)26(30)19(4)10-23)15-24-11-20(5)27(31)21(6)12-24;6*1-2;;;;;;/h7-12,29-31H,13-15H2,1-6H3;6*2H,1H3;3*1H3;;;/q;;;;;;;3*-1;;;. The number of rotatable bonds is 6. The van der Waals surface area contributed by atoms with Crippen LogP contribution in [0.15, 0.2) is 36.4 Å². The summed E-state index contributed by atoms with van der Waals surface area (Å²) >= 11 is 0. The van der Waals surface area contributed by atoms with E-state index in [1.807, 2.05) is 77.9 Å². The first-order valence-corrected chi connectivity index (χ1v) is 13.3. The summed E-state index contributed by atoms with van der Waals surface area (Å²) in [5, 5.41) is 72.4. The van der Waals surface area contributed by atoms with E-state index in [2.05, 4.69) is 4.90 Å². The summed E-state index contributed by atoms with van der Waals surface area (Å²) in [5.74, 6) is 1.06. The van der Waals surface area contributed by atoms with Gasteiger partial charge in [-0.05, 0) is 91.6 Å². The molecule has 0 aliphatic heterocycles. The number of hydrogen-bond acceptors (Lipinski definition) is 10. The molecule has 0 aliphatic carbocycles. The van der Waals surface area contributed by atoms with Crippen LogP contribution in [-0.4, -0.2) is 93.5 Å². The molecule has 284 valence electrons. The molecule has 0 bridgehead atoms. The molecule has 0 spiro atoms. The molecule has 3 aromatic carbocycles. The van der Waals surface area contributed by atoms with Gasteiger partial charge in [0, 0.05) is 127 Å². The molecule has 13 heteroatoms. The zero-order valence-electron chi connectivity index (χ0n) is 32.6. The van der Waals surface area contributed by atoms with Crippen molar-refractivity contribution in [1.82, 2.24) is 4.90 Å². The first-order chi connectivity index (χ1) is 20.5. The predicted octanol–water partition coefficient (Wildman–Crippen LogP) is 4.85. The van der Waals surface area contributed by atoms with Crippen LogP contribution in [0.3, 0.4) is 0 Å². The summed E-state index contributed by atoms with van der Waals surface area (Å²) in [6, 6.07) is 12.2. The van der Waals surface area contributed by atoms with Gasteiger partial charge < -0.3 is 68.2 Å². The fraction of sp³-hybridized carbons (Fsp3) is 0.417. The molecule has 0 atom stereocenters. The van der Waals surface area contributed by atoms with Gasteiger partial charge in [-0.3, -0.25) is 4.90 Å². The van der Waals surface area contributed by atoms with Crippen LogP contribution in [-0.2, 0) is 84.8 Å². The van der Waals surface area contributed by atoms with Crippen LogP contribution >= 0.6 is 0 Å². The molecule has 0 aromatic heterocycles. The number of aliphatic hydroxyl groups is 6. The molecular weight excluding hydrogens is 734 g/mol. The normalized spacial score (nSPS) is 7.90. The second kappa shape index (κ2) is 44.9. The minimum Gasteiger partial charge on any atom is -0.507 e. The van der Waals surface area contributed by atoms with Crippen LogP contribution in [0, 0.1) is 63.8 Å². The Morgan fingerprint density at radius 2 is 0.469 bits per heavy atom. The van der Waals surface area contributed by atoms with Crippen molar-refractivity contribution in [3.05, 3.63) is 109 Å². The molecule has 0 aliphatic rings. The Kier molecular flexibility index (Phi) is 67.3. The quantitative estimate of drug-likeness (QED) is 0.123. The van der Waals surface area contributed by atoms with E-state index in [4.69, 9.17) is 30.6 Å². The van der Waals surface area contributed by atoms with Crippen LogP contribution in [0.2, 0.25) is 0 Å². The second-order valence-electron chi connectivity index (χ2n) is 8.88. The minimum atomic E-state index is 0. The number of aromatic hydroxyl groups is 3. The summed E-state index contributed by atoms with van der Waals surface area (Å²) in [6.45, 7) is 13.7. The molecule has 0 saturated heterocycles. The maximum absolute atomic E-state index is 10.1. The minimum absolute atomic E-state index is 0. The van der Waals surface area contributed by atoms with E-state index in [0.29, 0.717) is 17.2 Å². The smallest absolute Gasteiger partial charge is 0.121 e. The molecule has 0 unspecified atom stereocenters. The molecule has 3 rings (SSSR count). The van der Waals surface area contributed by atoms with Crippen molar-refractivity contribution in [3.8, 4) is 17.2 Å². The fourth-order valence-corrected chi connectivity index (χ4v) is 4.35. The third-order valence-electron chi connectivity index (χ3n) is 5.87. The summed E-state index contributed by atoms with van der Waals surface area (Å²) < 4.78 is 0. The number of phenolic OH excluding ortho intramolecular Hbond substituents is 3. The van der Waals surface area contributed by atoms with Gasteiger partial charge in [-0.25, -0.2) is 0 Å². The SMILES string of the molecule is CO.CO.CO.CO.CO.CO.Cc1cc(CN(Cc2cc(C)c(O)c(C)c2)Cc2cc(C)c(O)c(C)c2)cc(C)c1O.[CH3-].[CH3-].[CH3-].[Ti].[Ti].[Ti]. The number of nitrogens with zero attached hydrogens (tertiary/aromatic N) is 1. The van der Waals surface area contributed by atoms with E-state index in [1.54, 1.807) is 0 Å². The van der Waals surface area contributed by atoms with Gasteiger partial charge in [0.05, 0.1) is 0 Å². The Bertz CT molecular complexity index is 942. The average Bonchev–Trinajstić information content (AvgIpc) is 3.03. The Balaban J connectivity index is -0.0000000956. The van der Waals surface area contributed by atoms with E-state index in [0.717, 1.165) is 112 Å². The summed E-state index contributed by atoms with van der Waals surface area (Å²) in [5.41, 5.74) is 8.70. The molecule has 0 amide bonds. The largest absolute Gasteiger partial charge is 0.507 e. The number of benzene rings is 3. The zero-order valence-corrected chi connectivity index (χ0v) is 37.2. The van der Waals surface area contributed by atoms with E-state index >= 15 is 0 Å². The third kappa shape index (κ3) is 27.3. The van der Waals surface area contributed by atoms with Crippen molar-refractivity contribution < 1.29 is 111 Å². The van der Waals surface area contributed by atoms with Gasteiger partial charge in [-0.15, -0.1) is 0 Å². The van der Waals surface area contributed by atoms with E-state index < -0.39 is 0 Å². The summed E-state index contributed by atoms with van der Waals surface area (Å²) in [7, 11) is 6.00. The van der Waals surface area contributed by atoms with Crippen molar-refractivity contribution in [2.45, 2.75) is 61.2 Å². The first kappa shape index (κ1) is 73.4. The number of hydrogen-bond donors (Lipinski definition) is 9. The molecule has 49 heavy (non-hydrogen) atoms. The van der Waals surface area contributed by atoms with Crippen molar-refractivity contribution in [2.24, 2.45) is 0 Å². The molecular formula is C36H66NO9Ti3-3. The van der Waals surface area contributed by atoms with E-state index in [-0.39, 0.29) is 87.4 Å². The second-order valence-corrected chi connectivity index (χ2v) is 8.88. The van der Waals surface area contributed by atoms with Crippen LogP contribution in [0.5, 0.6) is 17.2 Å². The van der Waals surface area contributed by atoms with E-state index in [1.165, 1.54) is 0 Å². The third-order valence-corrected chi connectivity index (χ3v) is 5.87. The average molecular weight is 801 g/mol. The maximum Gasteiger partial charge on any atom is 0.121 e. The van der Waals surface area contributed by atoms with Gasteiger partial charge in [0.15, 0.2) is 0 Å². The maximum atomic E-state index is 10.1. The van der Waals surface area contributed by atoms with Crippen molar-refractivity contribution in [3.63, 3.8) is 0 Å². The van der Waals surface area contributed by atoms with Crippen LogP contribution in [0.4, 0.5) is 0 Å². The first-order valence-electron chi connectivity index (χ1n) is 13.3.